The number of nitrogens with zero attached hydrogens (tertiary/aromatic N) is 7. The van der Waals surface area contributed by atoms with Crippen LogP contribution in [0.1, 0.15) is 75.2 Å². The van der Waals surface area contributed by atoms with Gasteiger partial charge in [-0.15, -0.1) is 0 Å². The van der Waals surface area contributed by atoms with Crippen molar-refractivity contribution in [3.63, 3.8) is 0 Å². The molecule has 62 heavy (non-hydrogen) atoms. The normalized spacial score (nSPS) is 19.0. The van der Waals surface area contributed by atoms with Gasteiger partial charge in [0.1, 0.15) is 11.6 Å². The van der Waals surface area contributed by atoms with Gasteiger partial charge in [0.2, 0.25) is 12.3 Å². The van der Waals surface area contributed by atoms with Crippen LogP contribution in [-0.4, -0.2) is 140 Å². The lowest BCUT2D eigenvalue weighted by molar-refractivity contribution is -0.125. The molecule has 4 aliphatic heterocycles. The Morgan fingerprint density at radius 3 is 2.44 bits per heavy atom. The van der Waals surface area contributed by atoms with E-state index in [4.69, 9.17) is 15.5 Å². The number of carbonyl (C=O) groups excluding carboxylic acids is 4. The van der Waals surface area contributed by atoms with E-state index in [1.165, 1.54) is 0 Å². The zero-order valence-corrected chi connectivity index (χ0v) is 36.4. The van der Waals surface area contributed by atoms with Gasteiger partial charge in [0, 0.05) is 125 Å². The second kappa shape index (κ2) is 20.8. The second-order valence-electron chi connectivity index (χ2n) is 17.1. The van der Waals surface area contributed by atoms with Crippen LogP contribution in [0.2, 0.25) is 0 Å². The lowest BCUT2D eigenvalue weighted by Crippen LogP contribution is -2.49. The molecule has 4 amide bonds. The quantitative estimate of drug-likeness (QED) is 0.109. The van der Waals surface area contributed by atoms with Gasteiger partial charge in [0.15, 0.2) is 0 Å². The summed E-state index contributed by atoms with van der Waals surface area (Å²) in [5, 5.41) is 5.27. The first kappa shape index (κ1) is 44.3. The van der Waals surface area contributed by atoms with Crippen molar-refractivity contribution in [3.8, 4) is 5.75 Å². The molecule has 0 aromatic heterocycles. The van der Waals surface area contributed by atoms with Crippen molar-refractivity contribution in [3.05, 3.63) is 82.8 Å². The third kappa shape index (κ3) is 11.6. The van der Waals surface area contributed by atoms with Crippen LogP contribution < -0.4 is 26.0 Å². The minimum Gasteiger partial charge on any atom is -0.491 e. The highest BCUT2D eigenvalue weighted by Crippen LogP contribution is 2.35. The first-order valence-corrected chi connectivity index (χ1v) is 22.2. The number of fused-ring (bicyclic) bond motifs is 1. The van der Waals surface area contributed by atoms with E-state index in [9.17, 15) is 19.2 Å². The third-order valence-corrected chi connectivity index (χ3v) is 12.4. The molecule has 3 fully saturated rings. The Morgan fingerprint density at radius 2 is 1.74 bits per heavy atom. The summed E-state index contributed by atoms with van der Waals surface area (Å²) < 4.78 is 6.19. The van der Waals surface area contributed by atoms with Crippen LogP contribution in [-0.2, 0) is 14.4 Å². The fraction of sp³-hybridized carbons (Fsp3) is 0.489. The Balaban J connectivity index is 0.864. The van der Waals surface area contributed by atoms with Gasteiger partial charge in [-0.1, -0.05) is 5.57 Å². The molecule has 15 heteroatoms. The van der Waals surface area contributed by atoms with Gasteiger partial charge in [-0.25, -0.2) is 4.99 Å². The molecule has 1 aliphatic carbocycles. The van der Waals surface area contributed by atoms with Crippen LogP contribution in [0.3, 0.4) is 0 Å². The van der Waals surface area contributed by atoms with Crippen molar-refractivity contribution >= 4 is 53.6 Å². The number of nitrogens with two attached hydrogens (primary N) is 1. The number of nitrogens with one attached hydrogen (secondary N) is 2. The van der Waals surface area contributed by atoms with E-state index in [0.29, 0.717) is 72.5 Å². The molecule has 0 spiro atoms. The molecule has 2 aromatic rings. The highest BCUT2D eigenvalue weighted by atomic mass is 16.5. The fourth-order valence-electron chi connectivity index (χ4n) is 8.43. The predicted octanol–water partition coefficient (Wildman–Crippen LogP) is 4.68. The summed E-state index contributed by atoms with van der Waals surface area (Å²) in [7, 11) is 0. The number of likely N-dealkylation sites (tertiary alicyclic amines) is 1. The van der Waals surface area contributed by atoms with Crippen LogP contribution in [0.5, 0.6) is 5.75 Å². The number of piperidine rings is 1. The Labute approximate surface area is 365 Å². The summed E-state index contributed by atoms with van der Waals surface area (Å²) in [5.41, 5.74) is 11.8. The van der Waals surface area contributed by atoms with Crippen molar-refractivity contribution in [2.45, 2.75) is 71.4 Å². The number of amides is 4. The molecule has 7 rings (SSSR count). The summed E-state index contributed by atoms with van der Waals surface area (Å²) >= 11 is 0. The number of hydrogen-bond donors (Lipinski definition) is 3. The van der Waals surface area contributed by atoms with Crippen molar-refractivity contribution in [2.75, 3.05) is 88.0 Å². The van der Waals surface area contributed by atoms with Crippen molar-refractivity contribution < 1.29 is 23.9 Å². The van der Waals surface area contributed by atoms with Crippen LogP contribution in [0.15, 0.2) is 81.7 Å². The van der Waals surface area contributed by atoms with Gasteiger partial charge in [-0.05, 0) is 101 Å². The van der Waals surface area contributed by atoms with Crippen molar-refractivity contribution in [2.24, 2.45) is 15.9 Å². The molecular formula is C47H62N10O5. The Morgan fingerprint density at radius 1 is 1.02 bits per heavy atom. The third-order valence-electron chi connectivity index (χ3n) is 12.4. The molecule has 1 atom stereocenters. The molecule has 4 N–H and O–H groups in total. The Bertz CT molecular complexity index is 2090. The van der Waals surface area contributed by atoms with Gasteiger partial charge in [0.05, 0.1) is 23.9 Å². The number of aliphatic imine (C=N–C) groups is 2. The van der Waals surface area contributed by atoms with Crippen LogP contribution in [0, 0.1) is 5.92 Å². The molecule has 2 aromatic carbocycles. The summed E-state index contributed by atoms with van der Waals surface area (Å²) in [4.78, 5) is 70.0. The number of ether oxygens (including phenoxy) is 1. The van der Waals surface area contributed by atoms with E-state index >= 15 is 0 Å². The Hall–Kier alpha value is -5.80. The van der Waals surface area contributed by atoms with Crippen LogP contribution >= 0.6 is 0 Å². The number of piperazine rings is 1. The number of rotatable bonds is 18. The largest absolute Gasteiger partial charge is 0.491 e. The lowest BCUT2D eigenvalue weighted by atomic mass is 10.0. The molecule has 1 unspecified atom stereocenters. The minimum absolute atomic E-state index is 0.0604. The fourth-order valence-corrected chi connectivity index (χ4v) is 8.43. The molecule has 1 saturated carbocycles. The average Bonchev–Trinajstić information content (AvgIpc) is 4.12. The highest BCUT2D eigenvalue weighted by molar-refractivity contribution is 6.08. The average molecular weight is 847 g/mol. The minimum atomic E-state index is -0.339. The Kier molecular flexibility index (Phi) is 14.9. The first-order chi connectivity index (χ1) is 30.1. The van der Waals surface area contributed by atoms with E-state index in [0.717, 1.165) is 94.9 Å². The summed E-state index contributed by atoms with van der Waals surface area (Å²) in [6.45, 7) is 15.5. The number of imide groups is 1. The van der Waals surface area contributed by atoms with Gasteiger partial charge >= 0.3 is 0 Å². The van der Waals surface area contributed by atoms with Crippen molar-refractivity contribution in [1.29, 1.82) is 0 Å². The predicted molar refractivity (Wildman–Crippen MR) is 245 cm³/mol. The number of allylic oxidation sites excluding steroid dienone is 1. The number of benzene rings is 2. The number of nitrogen functional groups attached to an aromatic ring is 1. The zero-order valence-electron chi connectivity index (χ0n) is 36.4. The van der Waals surface area contributed by atoms with Crippen molar-refractivity contribution in [1.82, 2.24) is 24.9 Å². The van der Waals surface area contributed by atoms with E-state index in [-0.39, 0.29) is 36.2 Å². The van der Waals surface area contributed by atoms with E-state index in [2.05, 4.69) is 30.3 Å². The van der Waals surface area contributed by atoms with Gasteiger partial charge < -0.3 is 35.4 Å². The molecular weight excluding hydrogens is 785 g/mol. The standard InChI is InChI=1S/C47H62N10O5/c1-4-57(34(3)6-13-44(59)51-32-58)47(61)36-9-11-39(12-10-36)55-24-22-54(23-25-55)21-20-53-18-14-38(15-19-53)50-29-37-27-42(43(28-41(37)48)62-31-35-7-8-35)52-46(60)40-26-33(2)30-56-17-5-16-49-45(40)56/h5,9-12,16-17,26-29,32,34-35,38H,4,6-8,13-15,18-25,30-31,48H2,1-3H3,(H,52,60)(H,51,58,59). The lowest BCUT2D eigenvalue weighted by Gasteiger charge is -2.38. The molecule has 330 valence electrons. The zero-order chi connectivity index (χ0) is 43.6. The van der Waals surface area contributed by atoms with Gasteiger partial charge in [-0.2, -0.15) is 0 Å². The molecule has 5 aliphatic rings. The van der Waals surface area contributed by atoms with Crippen LogP contribution in [0.25, 0.3) is 0 Å². The molecule has 15 nitrogen and oxygen atoms in total. The number of anilines is 3. The van der Waals surface area contributed by atoms with Crippen LogP contribution in [0.4, 0.5) is 17.1 Å². The van der Waals surface area contributed by atoms with E-state index < -0.39 is 0 Å². The first-order valence-electron chi connectivity index (χ1n) is 22.2. The van der Waals surface area contributed by atoms with Gasteiger partial charge in [0.25, 0.3) is 11.8 Å². The van der Waals surface area contributed by atoms with E-state index in [1.807, 2.05) is 86.6 Å². The van der Waals surface area contributed by atoms with E-state index in [1.54, 1.807) is 11.1 Å². The maximum atomic E-state index is 13.7. The summed E-state index contributed by atoms with van der Waals surface area (Å²) in [6, 6.07) is 11.6. The number of carbonyl (C=O) groups is 4. The summed E-state index contributed by atoms with van der Waals surface area (Å²) in [6.07, 6.45) is 14.6. The molecule has 0 bridgehead atoms. The summed E-state index contributed by atoms with van der Waals surface area (Å²) in [5.74, 6) is 1.08. The van der Waals surface area contributed by atoms with Gasteiger partial charge in [-0.3, -0.25) is 34.4 Å². The highest BCUT2D eigenvalue weighted by Gasteiger charge is 2.27. The number of hydrogen-bond acceptors (Lipinski definition) is 12. The smallest absolute Gasteiger partial charge is 0.259 e. The second-order valence-corrected chi connectivity index (χ2v) is 17.1. The maximum Gasteiger partial charge on any atom is 0.259 e. The molecule has 4 heterocycles. The maximum absolute atomic E-state index is 13.7. The molecule has 0 radical (unpaired) electrons. The molecule has 2 saturated heterocycles. The topological polar surface area (TPSA) is 169 Å². The monoisotopic (exact) mass is 846 g/mol. The SMILES string of the molecule is CCN(C(=O)c1ccc(N2CCN(CCN3CCC(N=Cc4cc(NC(=O)C5=C6N=CC=CN6CC(C)=C5)c(OCC5CC5)cc4N)CC3)CC2)cc1)C(C)CCC(=O)NC=O.